The molecule has 5 atom stereocenters. The molecule has 0 aliphatic rings. The van der Waals surface area contributed by atoms with Crippen LogP contribution >= 0.6 is 7.82 Å². The van der Waals surface area contributed by atoms with Crippen LogP contribution in [0.2, 0.25) is 0 Å². The van der Waals surface area contributed by atoms with Gasteiger partial charge in [-0.25, -0.2) is 4.57 Å². The van der Waals surface area contributed by atoms with E-state index in [9.17, 15) is 33.7 Å². The first kappa shape index (κ1) is 54.8. The van der Waals surface area contributed by atoms with E-state index in [1.165, 1.54) is 64.7 Å². The lowest BCUT2D eigenvalue weighted by molar-refractivity contribution is -0.870. The molecule has 0 aromatic rings. The van der Waals surface area contributed by atoms with E-state index in [0.717, 1.165) is 44.8 Å². The number of rotatable bonds is 39. The van der Waals surface area contributed by atoms with E-state index in [1.807, 2.05) is 33.3 Å². The standard InChI is InChI=1S/C44H80NO11P/c1-7-9-11-12-13-14-15-16-17-18-19-20-25-29-43(49)53-36-41(37-55-57(51,52)54-34-33-45(4,5)6)56-44(50)30-26-22-21-24-28-42(38(3)47)39(35-46)31-32-40(48)27-23-10-8-2/h21,24,31-32,35,39-42,48H,7-20,22-23,25-30,33-34,36-37H2,1-6H3/p+1/b24-21-,32-31+/t39?,40?,41-,42?/m1/s1. The Morgan fingerprint density at radius 3 is 1.84 bits per heavy atom. The van der Waals surface area contributed by atoms with E-state index in [1.54, 1.807) is 12.2 Å². The molecule has 12 nitrogen and oxygen atoms in total. The molecule has 4 unspecified atom stereocenters. The van der Waals surface area contributed by atoms with Crippen LogP contribution in [0.3, 0.4) is 0 Å². The number of carbonyl (C=O) groups excluding carboxylic acids is 4. The van der Waals surface area contributed by atoms with Gasteiger partial charge in [-0.2, -0.15) is 0 Å². The Kier molecular flexibility index (Phi) is 33.3. The zero-order valence-electron chi connectivity index (χ0n) is 36.5. The van der Waals surface area contributed by atoms with Crippen molar-refractivity contribution < 1.29 is 56.7 Å². The maximum atomic E-state index is 12.8. The Hall–Kier alpha value is -2.21. The molecule has 0 aliphatic carbocycles. The first-order valence-electron chi connectivity index (χ1n) is 21.9. The number of esters is 2. The zero-order chi connectivity index (χ0) is 42.8. The second kappa shape index (κ2) is 34.6. The molecule has 0 spiro atoms. The molecule has 0 heterocycles. The van der Waals surface area contributed by atoms with Crippen molar-refractivity contribution in [1.82, 2.24) is 0 Å². The second-order valence-electron chi connectivity index (χ2n) is 16.4. The second-order valence-corrected chi connectivity index (χ2v) is 17.8. The van der Waals surface area contributed by atoms with E-state index in [-0.39, 0.29) is 31.8 Å². The highest BCUT2D eigenvalue weighted by Crippen LogP contribution is 2.43. The van der Waals surface area contributed by atoms with Crippen molar-refractivity contribution >= 4 is 31.8 Å². The summed E-state index contributed by atoms with van der Waals surface area (Å²) in [5.41, 5.74) is 0. The number of hydrogen-bond donors (Lipinski definition) is 2. The summed E-state index contributed by atoms with van der Waals surface area (Å²) >= 11 is 0. The van der Waals surface area contributed by atoms with Crippen molar-refractivity contribution in [2.75, 3.05) is 47.5 Å². The number of hydrogen-bond acceptors (Lipinski definition) is 10. The Balaban J connectivity index is 4.88. The van der Waals surface area contributed by atoms with Gasteiger partial charge in [0.2, 0.25) is 0 Å². The van der Waals surface area contributed by atoms with Crippen LogP contribution in [0, 0.1) is 11.8 Å². The number of Topliss-reactive ketones (excluding diaryl/α,β-unsaturated/α-hetero) is 1. The normalized spacial score (nSPS) is 15.3. The molecule has 0 aliphatic heterocycles. The molecular weight excluding hydrogens is 749 g/mol. The highest BCUT2D eigenvalue weighted by molar-refractivity contribution is 7.47. The fraction of sp³-hybridized carbons (Fsp3) is 0.818. The van der Waals surface area contributed by atoms with Crippen molar-refractivity contribution in [1.29, 1.82) is 0 Å². The number of likely N-dealkylation sites (N-methyl/N-ethyl adjacent to an activating group) is 1. The number of allylic oxidation sites excluding steroid dienone is 3. The molecule has 0 radical (unpaired) electrons. The molecule has 13 heteroatoms. The monoisotopic (exact) mass is 831 g/mol. The molecule has 0 aromatic heterocycles. The molecule has 0 amide bonds. The van der Waals surface area contributed by atoms with Crippen LogP contribution in [0.15, 0.2) is 24.3 Å². The van der Waals surface area contributed by atoms with Crippen molar-refractivity contribution in [3.63, 3.8) is 0 Å². The van der Waals surface area contributed by atoms with Gasteiger partial charge in [0, 0.05) is 24.7 Å². The maximum Gasteiger partial charge on any atom is 0.472 e. The lowest BCUT2D eigenvalue weighted by Crippen LogP contribution is -2.37. The van der Waals surface area contributed by atoms with E-state index >= 15 is 0 Å². The number of ketones is 1. The largest absolute Gasteiger partial charge is 0.472 e. The van der Waals surface area contributed by atoms with Gasteiger partial charge >= 0.3 is 19.8 Å². The summed E-state index contributed by atoms with van der Waals surface area (Å²) in [5.74, 6) is -2.36. The zero-order valence-corrected chi connectivity index (χ0v) is 37.4. The molecule has 0 aromatic carbocycles. The van der Waals surface area contributed by atoms with Crippen LogP contribution in [-0.4, -0.2) is 98.2 Å². The van der Waals surface area contributed by atoms with Gasteiger partial charge in [0.15, 0.2) is 6.10 Å². The predicted octanol–water partition coefficient (Wildman–Crippen LogP) is 9.40. The first-order chi connectivity index (χ1) is 27.1. The lowest BCUT2D eigenvalue weighted by Gasteiger charge is -2.24. The van der Waals surface area contributed by atoms with Crippen LogP contribution in [0.4, 0.5) is 0 Å². The van der Waals surface area contributed by atoms with Crippen molar-refractivity contribution in [3.05, 3.63) is 24.3 Å². The van der Waals surface area contributed by atoms with E-state index in [0.29, 0.717) is 43.1 Å². The topological polar surface area (TPSA) is 163 Å². The summed E-state index contributed by atoms with van der Waals surface area (Å²) in [4.78, 5) is 59.6. The molecule has 0 bridgehead atoms. The fourth-order valence-corrected chi connectivity index (χ4v) is 6.84. The van der Waals surface area contributed by atoms with Gasteiger partial charge in [-0.05, 0) is 39.0 Å². The van der Waals surface area contributed by atoms with Crippen LogP contribution in [0.1, 0.15) is 162 Å². The van der Waals surface area contributed by atoms with Gasteiger partial charge in [-0.15, -0.1) is 0 Å². The number of quaternary nitrogens is 1. The number of unbranched alkanes of at least 4 members (excludes halogenated alkanes) is 15. The number of aliphatic hydroxyl groups excluding tert-OH is 1. The van der Waals surface area contributed by atoms with E-state index in [2.05, 4.69) is 13.8 Å². The number of aliphatic hydroxyl groups is 1. The molecule has 2 N–H and O–H groups in total. The molecular formula is C44H81NO11P+. The molecule has 0 saturated carbocycles. The highest BCUT2D eigenvalue weighted by Gasteiger charge is 2.27. The molecule has 0 saturated heterocycles. The van der Waals surface area contributed by atoms with Crippen molar-refractivity contribution in [2.45, 2.75) is 174 Å². The third-order valence-corrected chi connectivity index (χ3v) is 10.7. The van der Waals surface area contributed by atoms with Gasteiger partial charge in [-0.3, -0.25) is 23.4 Å². The summed E-state index contributed by atoms with van der Waals surface area (Å²) < 4.78 is 34.1. The number of aldehydes is 1. The average molecular weight is 831 g/mol. The highest BCUT2D eigenvalue weighted by atomic mass is 31.2. The number of phosphoric ester groups is 1. The summed E-state index contributed by atoms with van der Waals surface area (Å²) in [6, 6.07) is 0. The van der Waals surface area contributed by atoms with Crippen LogP contribution < -0.4 is 0 Å². The molecule has 0 fully saturated rings. The number of ether oxygens (including phenoxy) is 2. The summed E-state index contributed by atoms with van der Waals surface area (Å²) in [6.45, 7) is 5.39. The van der Waals surface area contributed by atoms with Crippen molar-refractivity contribution in [2.24, 2.45) is 11.8 Å². The van der Waals surface area contributed by atoms with E-state index in [4.69, 9.17) is 18.5 Å². The predicted molar refractivity (Wildman–Crippen MR) is 226 cm³/mol. The van der Waals surface area contributed by atoms with Gasteiger partial charge in [0.1, 0.15) is 31.8 Å². The summed E-state index contributed by atoms with van der Waals surface area (Å²) in [7, 11) is 1.29. The van der Waals surface area contributed by atoms with Gasteiger partial charge in [-0.1, -0.05) is 134 Å². The summed E-state index contributed by atoms with van der Waals surface area (Å²) in [6.07, 6.45) is 26.4. The van der Waals surface area contributed by atoms with Crippen LogP contribution in [-0.2, 0) is 42.3 Å². The summed E-state index contributed by atoms with van der Waals surface area (Å²) in [5, 5.41) is 10.2. The SMILES string of the molecule is CCCCCCCCCCCCCCCC(=O)OC[C@H](COP(=O)(O)OCC[N+](C)(C)C)OC(=O)CCC/C=C\CC(C(C)=O)C(C=O)/C=C/C(O)CCCCC. The Morgan fingerprint density at radius 2 is 1.28 bits per heavy atom. The first-order valence-corrected chi connectivity index (χ1v) is 23.4. The third kappa shape index (κ3) is 34.4. The minimum absolute atomic E-state index is 0.0225. The van der Waals surface area contributed by atoms with E-state index < -0.39 is 50.4 Å². The minimum atomic E-state index is -4.46. The Labute approximate surface area is 345 Å². The third-order valence-electron chi connectivity index (χ3n) is 9.76. The van der Waals surface area contributed by atoms with Crippen molar-refractivity contribution in [3.8, 4) is 0 Å². The van der Waals surface area contributed by atoms with Gasteiger partial charge in [0.05, 0.1) is 33.9 Å². The molecule has 332 valence electrons. The van der Waals surface area contributed by atoms with Crippen LogP contribution in [0.5, 0.6) is 0 Å². The number of phosphoric acid groups is 1. The number of nitrogens with zero attached hydrogens (tertiary/aromatic N) is 1. The number of carbonyl (C=O) groups is 4. The minimum Gasteiger partial charge on any atom is -0.462 e. The van der Waals surface area contributed by atoms with Crippen LogP contribution in [0.25, 0.3) is 0 Å². The maximum absolute atomic E-state index is 12.8. The van der Waals surface area contributed by atoms with Gasteiger partial charge < -0.3 is 28.8 Å². The fourth-order valence-electron chi connectivity index (χ4n) is 6.10. The molecule has 57 heavy (non-hydrogen) atoms. The average Bonchev–Trinajstić information content (AvgIpc) is 3.14. The Bertz CT molecular complexity index is 1170. The molecule has 0 rings (SSSR count). The Morgan fingerprint density at radius 1 is 0.719 bits per heavy atom. The quantitative estimate of drug-likeness (QED) is 0.0152. The van der Waals surface area contributed by atoms with Gasteiger partial charge in [0.25, 0.3) is 0 Å². The lowest BCUT2D eigenvalue weighted by atomic mass is 9.86. The smallest absolute Gasteiger partial charge is 0.462 e.